The number of aromatic amines is 1. The van der Waals surface area contributed by atoms with Gasteiger partial charge >= 0.3 is 0 Å². The van der Waals surface area contributed by atoms with Crippen molar-refractivity contribution in [3.05, 3.63) is 52.5 Å². The van der Waals surface area contributed by atoms with E-state index in [2.05, 4.69) is 53.5 Å². The Balaban J connectivity index is 1.32. The highest BCUT2D eigenvalue weighted by molar-refractivity contribution is 6.30. The number of H-pyrrole nitrogens is 1. The quantitative estimate of drug-likeness (QED) is 0.368. The first-order valence-corrected chi connectivity index (χ1v) is 17.3. The Bertz CT molecular complexity index is 1490. The molecule has 2 unspecified atom stereocenters. The number of allylic oxidation sites excluding steroid dienone is 2. The average molecular weight is 603 g/mol. The molecule has 0 bridgehead atoms. The van der Waals surface area contributed by atoms with Crippen molar-refractivity contribution in [2.45, 2.75) is 118 Å². The Hall–Kier alpha value is -1.91. The van der Waals surface area contributed by atoms with Crippen LogP contribution in [0.2, 0.25) is 5.02 Å². The Labute approximate surface area is 263 Å². The maximum Gasteiger partial charge on any atom is 0.160 e. The molecule has 8 atom stereocenters. The first-order valence-electron chi connectivity index (χ1n) is 17.0. The number of hydrogen-bond donors (Lipinski definition) is 2. The third kappa shape index (κ3) is 3.84. The lowest BCUT2D eigenvalue weighted by molar-refractivity contribution is -0.226. The number of imidazole rings is 1. The minimum Gasteiger partial charge on any atom is -0.393 e. The molecular weight excluding hydrogens is 552 g/mol. The van der Waals surface area contributed by atoms with Crippen LogP contribution in [-0.2, 0) is 10.2 Å². The van der Waals surface area contributed by atoms with E-state index in [1.54, 1.807) is 0 Å². The van der Waals surface area contributed by atoms with Gasteiger partial charge < -0.3 is 10.1 Å². The first kappa shape index (κ1) is 29.8. The van der Waals surface area contributed by atoms with Crippen molar-refractivity contribution in [2.24, 2.45) is 45.3 Å². The van der Waals surface area contributed by atoms with Crippen LogP contribution in [-0.4, -0.2) is 27.0 Å². The van der Waals surface area contributed by atoms with E-state index in [0.29, 0.717) is 30.0 Å². The van der Waals surface area contributed by atoms with Gasteiger partial charge in [0, 0.05) is 11.4 Å². The van der Waals surface area contributed by atoms with Gasteiger partial charge in [0.15, 0.2) is 5.78 Å². The molecule has 7 rings (SSSR count). The summed E-state index contributed by atoms with van der Waals surface area (Å²) >= 11 is 6.18. The standard InChI is InChI=1S/C38H51ClN2O2/c1-22(2)31-27(42)20-38(33-40-21-26(41-33)23-8-10-24(39)11-9-23)19-18-36(6)25(32(31)38)12-13-29-35(5)16-15-30(43)34(3,4)28(35)14-17-37(29,36)7/h8-11,21-22,25,28-30,43H,12-20H2,1-7H3,(H,40,41)/t25?,28-,29+,30-,35-,36+,37?,38+/m0/s1. The van der Waals surface area contributed by atoms with Crippen LogP contribution in [0.3, 0.4) is 0 Å². The van der Waals surface area contributed by atoms with Gasteiger partial charge in [0.1, 0.15) is 5.82 Å². The number of Topliss-reactive ketones (excluding diaryl/α,β-unsaturated/α-hetero) is 1. The highest BCUT2D eigenvalue weighted by Gasteiger charge is 2.70. The number of aliphatic hydroxyl groups excluding tert-OH is 1. The molecule has 5 heteroatoms. The van der Waals surface area contributed by atoms with Crippen molar-refractivity contribution in [1.29, 1.82) is 0 Å². The molecule has 0 amide bonds. The van der Waals surface area contributed by atoms with Crippen LogP contribution in [0.15, 0.2) is 41.6 Å². The summed E-state index contributed by atoms with van der Waals surface area (Å²) < 4.78 is 0. The summed E-state index contributed by atoms with van der Waals surface area (Å²) in [5, 5.41) is 11.8. The molecule has 2 aromatic rings. The summed E-state index contributed by atoms with van der Waals surface area (Å²) in [6.07, 6.45) is 11.2. The maximum atomic E-state index is 14.0. The highest BCUT2D eigenvalue weighted by Crippen LogP contribution is 2.76. The van der Waals surface area contributed by atoms with Crippen molar-refractivity contribution < 1.29 is 9.90 Å². The molecule has 4 nitrogen and oxygen atoms in total. The van der Waals surface area contributed by atoms with Gasteiger partial charge in [-0.3, -0.25) is 4.79 Å². The van der Waals surface area contributed by atoms with Crippen LogP contribution in [0.25, 0.3) is 11.3 Å². The minimum atomic E-state index is -0.340. The summed E-state index contributed by atoms with van der Waals surface area (Å²) in [5.41, 5.74) is 4.78. The Kier molecular flexibility index (Phi) is 6.61. The number of benzene rings is 1. The van der Waals surface area contributed by atoms with E-state index < -0.39 is 0 Å². The molecule has 5 aliphatic carbocycles. The van der Waals surface area contributed by atoms with Gasteiger partial charge in [0.05, 0.1) is 23.4 Å². The van der Waals surface area contributed by atoms with E-state index in [1.807, 2.05) is 30.5 Å². The van der Waals surface area contributed by atoms with Crippen LogP contribution in [0.4, 0.5) is 0 Å². The molecule has 1 heterocycles. The topological polar surface area (TPSA) is 66.0 Å². The lowest BCUT2D eigenvalue weighted by Gasteiger charge is -2.72. The largest absolute Gasteiger partial charge is 0.393 e. The molecule has 232 valence electrons. The molecule has 0 aliphatic heterocycles. The SMILES string of the molecule is CC(C)C1=C2C3CC[C@H]4C(C)(CC[C@H]5C(C)(C)[C@@H](O)CC[C@@]54C)[C@]3(C)CC[C@@]2(c2ncc(-c3ccc(Cl)cc3)[nH]2)CC1=O. The molecule has 4 saturated carbocycles. The molecular formula is C38H51ClN2O2. The fraction of sp³-hybridized carbons (Fsp3) is 0.684. The van der Waals surface area contributed by atoms with Gasteiger partial charge in [0.2, 0.25) is 0 Å². The van der Waals surface area contributed by atoms with Crippen LogP contribution in [0.1, 0.15) is 112 Å². The Morgan fingerprint density at radius 1 is 0.907 bits per heavy atom. The van der Waals surface area contributed by atoms with Crippen LogP contribution in [0.5, 0.6) is 0 Å². The second kappa shape index (κ2) is 9.55. The normalized spacial score (nSPS) is 42.0. The number of nitrogens with one attached hydrogen (secondary N) is 1. The third-order valence-electron chi connectivity index (χ3n) is 14.6. The van der Waals surface area contributed by atoms with E-state index in [9.17, 15) is 9.90 Å². The predicted octanol–water partition coefficient (Wildman–Crippen LogP) is 9.32. The maximum absolute atomic E-state index is 14.0. The van der Waals surface area contributed by atoms with Crippen LogP contribution >= 0.6 is 11.6 Å². The highest BCUT2D eigenvalue weighted by atomic mass is 35.5. The van der Waals surface area contributed by atoms with Gasteiger partial charge in [-0.05, 0) is 126 Å². The lowest BCUT2D eigenvalue weighted by atomic mass is 9.33. The molecule has 0 spiro atoms. The third-order valence-corrected chi connectivity index (χ3v) is 14.8. The fourth-order valence-electron chi connectivity index (χ4n) is 12.2. The van der Waals surface area contributed by atoms with Gasteiger partial charge in [0.25, 0.3) is 0 Å². The summed E-state index contributed by atoms with van der Waals surface area (Å²) in [7, 11) is 0. The molecule has 2 N–H and O–H groups in total. The molecule has 5 aliphatic rings. The molecule has 43 heavy (non-hydrogen) atoms. The van der Waals surface area contributed by atoms with Crippen molar-refractivity contribution in [2.75, 3.05) is 0 Å². The minimum absolute atomic E-state index is 0.0416. The zero-order valence-electron chi connectivity index (χ0n) is 27.3. The molecule has 0 saturated heterocycles. The van der Waals surface area contributed by atoms with E-state index in [4.69, 9.17) is 16.6 Å². The zero-order chi connectivity index (χ0) is 30.7. The number of carbonyl (C=O) groups excluding carboxylic acids is 1. The summed E-state index contributed by atoms with van der Waals surface area (Å²) in [6.45, 7) is 16.9. The number of nitrogens with zero attached hydrogens (tertiary/aromatic N) is 1. The van der Waals surface area contributed by atoms with Crippen molar-refractivity contribution in [1.82, 2.24) is 9.97 Å². The molecule has 1 aromatic carbocycles. The molecule has 1 aromatic heterocycles. The molecule has 0 radical (unpaired) electrons. The van der Waals surface area contributed by atoms with Gasteiger partial charge in [-0.1, -0.05) is 72.2 Å². The first-order chi connectivity index (χ1) is 20.2. The second-order valence-corrected chi connectivity index (χ2v) is 17.2. The number of aliphatic hydroxyl groups is 1. The fourth-order valence-corrected chi connectivity index (χ4v) is 12.4. The zero-order valence-corrected chi connectivity index (χ0v) is 28.1. The van der Waals surface area contributed by atoms with Crippen molar-refractivity contribution >= 4 is 17.4 Å². The van der Waals surface area contributed by atoms with Gasteiger partial charge in [-0.25, -0.2) is 4.98 Å². The van der Waals surface area contributed by atoms with Crippen molar-refractivity contribution in [3.8, 4) is 11.3 Å². The van der Waals surface area contributed by atoms with E-state index in [0.717, 1.165) is 59.8 Å². The number of carbonyl (C=O) groups is 1. The Morgan fingerprint density at radius 3 is 2.33 bits per heavy atom. The monoisotopic (exact) mass is 602 g/mol. The van der Waals surface area contributed by atoms with Gasteiger partial charge in [-0.2, -0.15) is 0 Å². The summed E-state index contributed by atoms with van der Waals surface area (Å²) in [4.78, 5) is 22.8. The van der Waals surface area contributed by atoms with Crippen molar-refractivity contribution in [3.63, 3.8) is 0 Å². The second-order valence-electron chi connectivity index (χ2n) is 16.8. The number of halogens is 1. The molecule has 4 fully saturated rings. The number of fused-ring (bicyclic) bond motifs is 7. The van der Waals surface area contributed by atoms with E-state index >= 15 is 0 Å². The van der Waals surface area contributed by atoms with Gasteiger partial charge in [-0.15, -0.1) is 0 Å². The number of rotatable bonds is 3. The smallest absolute Gasteiger partial charge is 0.160 e. The van der Waals surface area contributed by atoms with Crippen LogP contribution in [0, 0.1) is 45.3 Å². The number of hydrogen-bond acceptors (Lipinski definition) is 3. The predicted molar refractivity (Wildman–Crippen MR) is 174 cm³/mol. The van der Waals surface area contributed by atoms with E-state index in [-0.39, 0.29) is 39.1 Å². The average Bonchev–Trinajstić information content (AvgIpc) is 3.55. The summed E-state index contributed by atoms with van der Waals surface area (Å²) in [5.74, 6) is 3.10. The number of aromatic nitrogens is 2. The Morgan fingerprint density at radius 2 is 1.63 bits per heavy atom. The number of ketones is 1. The van der Waals surface area contributed by atoms with E-state index in [1.165, 1.54) is 24.8 Å². The lowest BCUT2D eigenvalue weighted by Crippen LogP contribution is -2.65. The van der Waals surface area contributed by atoms with Crippen LogP contribution < -0.4 is 0 Å². The summed E-state index contributed by atoms with van der Waals surface area (Å²) in [6, 6.07) is 7.92.